The number of nitrogens with one attached hydrogen (secondary N) is 1. The molecule has 158 valence electrons. The molecule has 0 saturated carbocycles. The number of nitrogens with zero attached hydrogens (tertiary/aromatic N) is 3. The highest BCUT2D eigenvalue weighted by Crippen LogP contribution is 2.26. The van der Waals surface area contributed by atoms with E-state index in [9.17, 15) is 9.18 Å². The van der Waals surface area contributed by atoms with E-state index >= 15 is 0 Å². The van der Waals surface area contributed by atoms with E-state index in [1.807, 2.05) is 47.9 Å². The van der Waals surface area contributed by atoms with Crippen LogP contribution in [0.5, 0.6) is 0 Å². The first kappa shape index (κ1) is 20.9. The predicted octanol–water partition coefficient (Wildman–Crippen LogP) is 5.07. The SMILES string of the molecule is Cc1ccc(-c2nnc(SCC(=O)Nc3ccc(C)c(F)c3)n2Cc2ccco2)cc1. The summed E-state index contributed by atoms with van der Waals surface area (Å²) in [6.45, 7) is 4.14. The van der Waals surface area contributed by atoms with Gasteiger partial charge in [0.2, 0.25) is 5.91 Å². The summed E-state index contributed by atoms with van der Waals surface area (Å²) >= 11 is 1.26. The summed E-state index contributed by atoms with van der Waals surface area (Å²) in [5, 5.41) is 12.0. The van der Waals surface area contributed by atoms with Crippen molar-refractivity contribution in [1.82, 2.24) is 14.8 Å². The van der Waals surface area contributed by atoms with E-state index in [4.69, 9.17) is 4.42 Å². The van der Waals surface area contributed by atoms with Gasteiger partial charge in [-0.3, -0.25) is 9.36 Å². The van der Waals surface area contributed by atoms with Crippen LogP contribution in [0.4, 0.5) is 10.1 Å². The summed E-state index contributed by atoms with van der Waals surface area (Å²) < 4.78 is 21.1. The van der Waals surface area contributed by atoms with Gasteiger partial charge in [0.25, 0.3) is 0 Å². The van der Waals surface area contributed by atoms with Crippen LogP contribution in [0.25, 0.3) is 11.4 Å². The minimum absolute atomic E-state index is 0.111. The lowest BCUT2D eigenvalue weighted by Gasteiger charge is -2.10. The van der Waals surface area contributed by atoms with E-state index in [1.54, 1.807) is 25.3 Å². The number of carbonyl (C=O) groups is 1. The highest BCUT2D eigenvalue weighted by Gasteiger charge is 2.17. The highest BCUT2D eigenvalue weighted by atomic mass is 32.2. The number of amides is 1. The van der Waals surface area contributed by atoms with Gasteiger partial charge in [0.1, 0.15) is 11.6 Å². The van der Waals surface area contributed by atoms with Gasteiger partial charge in [-0.15, -0.1) is 10.2 Å². The number of thioether (sulfide) groups is 1. The van der Waals surface area contributed by atoms with E-state index in [0.29, 0.717) is 28.8 Å². The van der Waals surface area contributed by atoms with E-state index < -0.39 is 0 Å². The topological polar surface area (TPSA) is 73.0 Å². The number of hydrogen-bond donors (Lipinski definition) is 1. The van der Waals surface area contributed by atoms with Crippen molar-refractivity contribution in [2.24, 2.45) is 0 Å². The average Bonchev–Trinajstić information content (AvgIpc) is 3.40. The van der Waals surface area contributed by atoms with E-state index in [1.165, 1.54) is 17.8 Å². The molecule has 8 heteroatoms. The maximum atomic E-state index is 13.7. The normalized spacial score (nSPS) is 10.9. The number of benzene rings is 2. The van der Waals surface area contributed by atoms with Gasteiger partial charge in [-0.05, 0) is 43.7 Å². The summed E-state index contributed by atoms with van der Waals surface area (Å²) in [7, 11) is 0. The average molecular weight is 437 g/mol. The minimum atomic E-state index is -0.355. The van der Waals surface area contributed by atoms with Crippen molar-refractivity contribution < 1.29 is 13.6 Å². The molecule has 0 spiro atoms. The molecule has 0 atom stereocenters. The number of aromatic nitrogens is 3. The maximum Gasteiger partial charge on any atom is 0.234 e. The van der Waals surface area contributed by atoms with Crippen LogP contribution in [0.1, 0.15) is 16.9 Å². The van der Waals surface area contributed by atoms with Crippen molar-refractivity contribution in [3.8, 4) is 11.4 Å². The number of rotatable bonds is 7. The molecular weight excluding hydrogens is 415 g/mol. The van der Waals surface area contributed by atoms with Crippen LogP contribution in [0, 0.1) is 19.7 Å². The number of furan rings is 1. The molecule has 4 aromatic rings. The number of hydrogen-bond acceptors (Lipinski definition) is 5. The maximum absolute atomic E-state index is 13.7. The third kappa shape index (κ3) is 5.03. The Morgan fingerprint density at radius 3 is 2.65 bits per heavy atom. The first-order valence-corrected chi connectivity index (χ1v) is 10.7. The molecule has 0 saturated heterocycles. The number of aryl methyl sites for hydroxylation is 2. The molecule has 0 aliphatic heterocycles. The molecule has 0 bridgehead atoms. The third-order valence-corrected chi connectivity index (χ3v) is 5.68. The lowest BCUT2D eigenvalue weighted by molar-refractivity contribution is -0.113. The summed E-state index contributed by atoms with van der Waals surface area (Å²) in [6.07, 6.45) is 1.62. The summed E-state index contributed by atoms with van der Waals surface area (Å²) in [4.78, 5) is 12.4. The van der Waals surface area contributed by atoms with E-state index in [0.717, 1.165) is 16.9 Å². The van der Waals surface area contributed by atoms with Crippen molar-refractivity contribution in [3.05, 3.63) is 83.6 Å². The van der Waals surface area contributed by atoms with Crippen LogP contribution in [-0.4, -0.2) is 26.4 Å². The first-order chi connectivity index (χ1) is 15.0. The molecule has 0 aliphatic rings. The fourth-order valence-corrected chi connectivity index (χ4v) is 3.75. The minimum Gasteiger partial charge on any atom is -0.467 e. The molecule has 31 heavy (non-hydrogen) atoms. The Morgan fingerprint density at radius 2 is 1.94 bits per heavy atom. The molecule has 2 aromatic carbocycles. The fourth-order valence-electron chi connectivity index (χ4n) is 3.01. The second kappa shape index (κ2) is 9.18. The highest BCUT2D eigenvalue weighted by molar-refractivity contribution is 7.99. The molecular formula is C23H21FN4O2S. The molecule has 1 amide bonds. The lowest BCUT2D eigenvalue weighted by atomic mass is 10.1. The van der Waals surface area contributed by atoms with Gasteiger partial charge in [0.05, 0.1) is 18.6 Å². The van der Waals surface area contributed by atoms with Crippen molar-refractivity contribution in [1.29, 1.82) is 0 Å². The Bertz CT molecular complexity index is 1190. The van der Waals surface area contributed by atoms with E-state index in [-0.39, 0.29) is 17.5 Å². The lowest BCUT2D eigenvalue weighted by Crippen LogP contribution is -2.15. The molecule has 0 fully saturated rings. The Kier molecular flexibility index (Phi) is 6.18. The van der Waals surface area contributed by atoms with Crippen molar-refractivity contribution >= 4 is 23.4 Å². The summed E-state index contributed by atoms with van der Waals surface area (Å²) in [5.41, 5.74) is 3.03. The summed E-state index contributed by atoms with van der Waals surface area (Å²) in [5.74, 6) is 0.957. The van der Waals surface area contributed by atoms with Gasteiger partial charge in [-0.1, -0.05) is 47.7 Å². The summed E-state index contributed by atoms with van der Waals surface area (Å²) in [6, 6.07) is 16.3. The van der Waals surface area contributed by atoms with Crippen LogP contribution in [0.15, 0.2) is 70.4 Å². The number of carbonyl (C=O) groups excluding carboxylic acids is 1. The van der Waals surface area contributed by atoms with Gasteiger partial charge in [-0.2, -0.15) is 0 Å². The Labute approximate surface area is 183 Å². The standard InChI is InChI=1S/C23H21FN4O2S/c1-15-5-8-17(9-6-15)22-26-27-23(28(22)13-19-4-3-11-30-19)31-14-21(29)25-18-10-7-16(2)20(24)12-18/h3-12H,13-14H2,1-2H3,(H,25,29). The Hall–Kier alpha value is -3.39. The first-order valence-electron chi connectivity index (χ1n) is 9.71. The molecule has 2 heterocycles. The van der Waals surface area contributed by atoms with E-state index in [2.05, 4.69) is 15.5 Å². The molecule has 2 aromatic heterocycles. The predicted molar refractivity (Wildman–Crippen MR) is 118 cm³/mol. The largest absolute Gasteiger partial charge is 0.467 e. The van der Waals surface area contributed by atoms with Crippen molar-refractivity contribution in [2.75, 3.05) is 11.1 Å². The monoisotopic (exact) mass is 436 g/mol. The zero-order chi connectivity index (χ0) is 21.8. The number of halogens is 1. The van der Waals surface area contributed by atoms with Crippen LogP contribution in [-0.2, 0) is 11.3 Å². The van der Waals surface area contributed by atoms with Crippen LogP contribution in [0.2, 0.25) is 0 Å². The molecule has 0 unspecified atom stereocenters. The smallest absolute Gasteiger partial charge is 0.234 e. The second-order valence-electron chi connectivity index (χ2n) is 7.14. The Balaban J connectivity index is 1.52. The van der Waals surface area contributed by atoms with Crippen LogP contribution >= 0.6 is 11.8 Å². The number of anilines is 1. The van der Waals surface area contributed by atoms with Gasteiger partial charge >= 0.3 is 0 Å². The van der Waals surface area contributed by atoms with Gasteiger partial charge in [0.15, 0.2) is 11.0 Å². The van der Waals surface area contributed by atoms with Gasteiger partial charge in [-0.25, -0.2) is 4.39 Å². The zero-order valence-electron chi connectivity index (χ0n) is 17.1. The second-order valence-corrected chi connectivity index (χ2v) is 8.08. The Morgan fingerprint density at radius 1 is 1.13 bits per heavy atom. The van der Waals surface area contributed by atoms with Crippen LogP contribution < -0.4 is 5.32 Å². The molecule has 4 rings (SSSR count). The molecule has 0 radical (unpaired) electrons. The van der Waals surface area contributed by atoms with Crippen molar-refractivity contribution in [2.45, 2.75) is 25.5 Å². The molecule has 6 nitrogen and oxygen atoms in total. The van der Waals surface area contributed by atoms with Crippen molar-refractivity contribution in [3.63, 3.8) is 0 Å². The molecule has 1 N–H and O–H groups in total. The van der Waals surface area contributed by atoms with Crippen LogP contribution in [0.3, 0.4) is 0 Å². The quantitative estimate of drug-likeness (QED) is 0.409. The zero-order valence-corrected chi connectivity index (χ0v) is 17.9. The van der Waals surface area contributed by atoms with Gasteiger partial charge in [0, 0.05) is 11.3 Å². The molecule has 0 aliphatic carbocycles. The third-order valence-electron chi connectivity index (χ3n) is 4.71. The fraction of sp³-hybridized carbons (Fsp3) is 0.174. The van der Waals surface area contributed by atoms with Gasteiger partial charge < -0.3 is 9.73 Å².